The predicted molar refractivity (Wildman–Crippen MR) is 119 cm³/mol. The molecule has 0 saturated carbocycles. The first-order valence-electron chi connectivity index (χ1n) is 11.1. The van der Waals surface area contributed by atoms with Crippen LogP contribution in [0.1, 0.15) is 37.2 Å². The summed E-state index contributed by atoms with van der Waals surface area (Å²) in [5, 5.41) is 18.0. The van der Waals surface area contributed by atoms with Gasteiger partial charge in [-0.15, -0.1) is 15.3 Å². The van der Waals surface area contributed by atoms with Gasteiger partial charge >= 0.3 is 6.18 Å². The number of rotatable bonds is 5. The monoisotopic (exact) mass is 485 g/mol. The largest absolute Gasteiger partial charge is 0.453 e. The summed E-state index contributed by atoms with van der Waals surface area (Å²) in [5.41, 5.74) is 1.86. The average molecular weight is 485 g/mol. The number of piperidine rings is 1. The van der Waals surface area contributed by atoms with Crippen molar-refractivity contribution in [2.45, 2.75) is 32.0 Å². The molecule has 1 N–H and O–H groups in total. The highest BCUT2D eigenvalue weighted by atomic mass is 19.4. The number of alkyl halides is 3. The van der Waals surface area contributed by atoms with Crippen LogP contribution in [-0.4, -0.2) is 53.6 Å². The molecule has 4 aromatic rings. The van der Waals surface area contributed by atoms with E-state index in [-0.39, 0.29) is 23.5 Å². The number of carbonyl (C=O) groups excluding carboxylic acids is 1. The first-order valence-corrected chi connectivity index (χ1v) is 11.1. The van der Waals surface area contributed by atoms with Gasteiger partial charge in [-0.05, 0) is 49.6 Å². The molecular formula is C22H22F3N9O. The van der Waals surface area contributed by atoms with Crippen LogP contribution in [-0.2, 0) is 11.0 Å². The van der Waals surface area contributed by atoms with Gasteiger partial charge in [0.1, 0.15) is 18.5 Å². The lowest BCUT2D eigenvalue weighted by atomic mass is 9.95. The van der Waals surface area contributed by atoms with Gasteiger partial charge in [0.2, 0.25) is 5.91 Å². The van der Waals surface area contributed by atoms with Crippen LogP contribution in [0.3, 0.4) is 0 Å². The van der Waals surface area contributed by atoms with Crippen molar-refractivity contribution < 1.29 is 18.0 Å². The normalized spacial score (nSPS) is 15.9. The fourth-order valence-electron chi connectivity index (χ4n) is 4.17. The van der Waals surface area contributed by atoms with E-state index in [4.69, 9.17) is 0 Å². The second-order valence-electron chi connectivity index (χ2n) is 8.41. The van der Waals surface area contributed by atoms with E-state index in [0.29, 0.717) is 36.3 Å². The van der Waals surface area contributed by atoms with E-state index in [0.717, 1.165) is 11.3 Å². The van der Waals surface area contributed by atoms with Crippen molar-refractivity contribution in [3.8, 4) is 5.69 Å². The molecule has 4 heterocycles. The maximum absolute atomic E-state index is 13.1. The number of hydrogen-bond donors (Lipinski definition) is 1. The lowest BCUT2D eigenvalue weighted by molar-refractivity contribution is -0.146. The number of anilines is 1. The van der Waals surface area contributed by atoms with Crippen molar-refractivity contribution in [1.29, 1.82) is 0 Å². The van der Waals surface area contributed by atoms with Crippen LogP contribution < -0.4 is 10.2 Å². The van der Waals surface area contributed by atoms with E-state index >= 15 is 0 Å². The van der Waals surface area contributed by atoms with Crippen LogP contribution in [0.15, 0.2) is 49.1 Å². The Morgan fingerprint density at radius 2 is 1.83 bits per heavy atom. The van der Waals surface area contributed by atoms with Crippen molar-refractivity contribution in [3.05, 3.63) is 60.4 Å². The Hall–Kier alpha value is -4.03. The Kier molecular flexibility index (Phi) is 5.83. The predicted octanol–water partition coefficient (Wildman–Crippen LogP) is 2.82. The highest BCUT2D eigenvalue weighted by Crippen LogP contribution is 2.29. The molecule has 35 heavy (non-hydrogen) atoms. The summed E-state index contributed by atoms with van der Waals surface area (Å²) >= 11 is 0. The minimum Gasteiger partial charge on any atom is -0.355 e. The molecule has 182 valence electrons. The Labute approximate surface area is 197 Å². The van der Waals surface area contributed by atoms with Crippen molar-refractivity contribution in [3.63, 3.8) is 0 Å². The molecule has 10 nitrogen and oxygen atoms in total. The topological polar surface area (TPSA) is 106 Å². The van der Waals surface area contributed by atoms with Crippen LogP contribution in [0, 0.1) is 5.92 Å². The molecule has 1 saturated heterocycles. The molecule has 0 radical (unpaired) electrons. The Morgan fingerprint density at radius 1 is 1.09 bits per heavy atom. The van der Waals surface area contributed by atoms with E-state index in [2.05, 4.69) is 30.7 Å². The summed E-state index contributed by atoms with van der Waals surface area (Å²) < 4.78 is 41.8. The van der Waals surface area contributed by atoms with Gasteiger partial charge in [-0.25, -0.2) is 9.67 Å². The van der Waals surface area contributed by atoms with Crippen LogP contribution in [0.25, 0.3) is 11.3 Å². The number of aromatic nitrogens is 7. The fraction of sp³-hybridized carbons (Fsp3) is 0.364. The molecule has 13 heteroatoms. The van der Waals surface area contributed by atoms with Crippen molar-refractivity contribution in [2.75, 3.05) is 18.0 Å². The van der Waals surface area contributed by atoms with E-state index in [1.807, 2.05) is 36.1 Å². The van der Waals surface area contributed by atoms with Gasteiger partial charge in [0, 0.05) is 19.0 Å². The lowest BCUT2D eigenvalue weighted by Gasteiger charge is -2.32. The maximum Gasteiger partial charge on any atom is 0.453 e. The first kappa shape index (κ1) is 22.7. The van der Waals surface area contributed by atoms with E-state index in [1.54, 1.807) is 17.1 Å². The summed E-state index contributed by atoms with van der Waals surface area (Å²) in [6.45, 7) is 2.93. The van der Waals surface area contributed by atoms with Gasteiger partial charge < -0.3 is 10.2 Å². The summed E-state index contributed by atoms with van der Waals surface area (Å²) in [5.74, 6) is -0.999. The summed E-state index contributed by atoms with van der Waals surface area (Å²) in [7, 11) is 0. The molecule has 0 spiro atoms. The third-order valence-corrected chi connectivity index (χ3v) is 6.13. The highest BCUT2D eigenvalue weighted by molar-refractivity contribution is 5.79. The first-order chi connectivity index (χ1) is 16.8. The standard InChI is InChI=1S/C22H22F3N9O/c1-14(15-2-4-17(5-3-15)33-13-26-12-27-33)28-20(35)16-8-10-32(11-9-16)19-7-6-18-29-30-21(22(23,24)25)34(18)31-19/h2-7,12-14,16H,8-11H2,1H3,(H,28,35)/t14-/m0/s1. The Balaban J connectivity index is 1.19. The lowest BCUT2D eigenvalue weighted by Crippen LogP contribution is -2.41. The third-order valence-electron chi connectivity index (χ3n) is 6.13. The second kappa shape index (κ2) is 8.96. The molecule has 1 aliphatic rings. The number of nitrogens with zero attached hydrogens (tertiary/aromatic N) is 8. The number of nitrogens with one attached hydrogen (secondary N) is 1. The van der Waals surface area contributed by atoms with Crippen LogP contribution in [0.2, 0.25) is 0 Å². The number of benzene rings is 1. The van der Waals surface area contributed by atoms with Crippen LogP contribution in [0.5, 0.6) is 0 Å². The second-order valence-corrected chi connectivity index (χ2v) is 8.41. The van der Waals surface area contributed by atoms with Crippen molar-refractivity contribution >= 4 is 17.4 Å². The van der Waals surface area contributed by atoms with Gasteiger partial charge in [0.05, 0.1) is 11.7 Å². The van der Waals surface area contributed by atoms with Gasteiger partial charge in [-0.3, -0.25) is 4.79 Å². The SMILES string of the molecule is C[C@H](NC(=O)C1CCN(c2ccc3nnc(C(F)(F)F)n3n2)CC1)c1ccc(-n2cncn2)cc1. The molecule has 5 rings (SSSR count). The highest BCUT2D eigenvalue weighted by Gasteiger charge is 2.38. The van der Waals surface area contributed by atoms with E-state index in [1.165, 1.54) is 12.4 Å². The average Bonchev–Trinajstić information content (AvgIpc) is 3.54. The molecule has 1 atom stereocenters. The molecule has 0 bridgehead atoms. The van der Waals surface area contributed by atoms with Crippen LogP contribution in [0.4, 0.5) is 19.0 Å². The van der Waals surface area contributed by atoms with Gasteiger partial charge in [0.25, 0.3) is 5.82 Å². The molecule has 3 aromatic heterocycles. The maximum atomic E-state index is 13.1. The van der Waals surface area contributed by atoms with Crippen molar-refractivity contribution in [2.24, 2.45) is 5.92 Å². The Bertz CT molecular complexity index is 1310. The zero-order chi connectivity index (χ0) is 24.6. The molecule has 1 aliphatic heterocycles. The molecule has 0 unspecified atom stereocenters. The smallest absolute Gasteiger partial charge is 0.355 e. The zero-order valence-electron chi connectivity index (χ0n) is 18.7. The van der Waals surface area contributed by atoms with E-state index < -0.39 is 12.0 Å². The number of hydrogen-bond acceptors (Lipinski definition) is 7. The number of fused-ring (bicyclic) bond motifs is 1. The number of halogens is 3. The molecule has 1 fully saturated rings. The molecule has 0 aliphatic carbocycles. The van der Waals surface area contributed by atoms with Crippen molar-refractivity contribution in [1.82, 2.24) is 39.9 Å². The van der Waals surface area contributed by atoms with E-state index in [9.17, 15) is 18.0 Å². The third kappa shape index (κ3) is 4.66. The quantitative estimate of drug-likeness (QED) is 0.463. The molecule has 1 amide bonds. The van der Waals surface area contributed by atoms with Gasteiger partial charge in [0.15, 0.2) is 5.65 Å². The summed E-state index contributed by atoms with van der Waals surface area (Å²) in [6, 6.07) is 10.6. The number of amides is 1. The van der Waals surface area contributed by atoms with Gasteiger partial charge in [-0.2, -0.15) is 22.8 Å². The minimum atomic E-state index is -4.65. The molecule has 1 aromatic carbocycles. The fourth-order valence-corrected chi connectivity index (χ4v) is 4.17. The van der Waals surface area contributed by atoms with Gasteiger partial charge in [-0.1, -0.05) is 12.1 Å². The Morgan fingerprint density at radius 3 is 2.49 bits per heavy atom. The number of carbonyl (C=O) groups is 1. The zero-order valence-corrected chi connectivity index (χ0v) is 18.7. The summed E-state index contributed by atoms with van der Waals surface area (Å²) in [4.78, 5) is 18.7. The summed E-state index contributed by atoms with van der Waals surface area (Å²) in [6.07, 6.45) is -0.439. The van der Waals surface area contributed by atoms with Crippen LogP contribution >= 0.6 is 0 Å². The molecular weight excluding hydrogens is 463 g/mol. The minimum absolute atomic E-state index is 0.0265.